The normalized spacial score (nSPS) is 12.0. The van der Waals surface area contributed by atoms with Crippen LogP contribution in [0, 0.1) is 11.6 Å². The Balaban J connectivity index is 2.24. The third-order valence-electron chi connectivity index (χ3n) is 3.88. The van der Waals surface area contributed by atoms with E-state index in [1.54, 1.807) is 13.8 Å². The van der Waals surface area contributed by atoms with Crippen molar-refractivity contribution in [2.45, 2.75) is 32.1 Å². The molecular weight excluding hydrogens is 402 g/mol. The van der Waals surface area contributed by atoms with Crippen LogP contribution in [-0.4, -0.2) is 26.7 Å². The van der Waals surface area contributed by atoms with Crippen molar-refractivity contribution in [2.75, 3.05) is 12.4 Å². The van der Waals surface area contributed by atoms with Gasteiger partial charge in [-0.2, -0.15) is 0 Å². The Hall–Kier alpha value is -2.74. The van der Waals surface area contributed by atoms with Gasteiger partial charge in [0.05, 0.1) is 17.3 Å². The number of esters is 1. The Labute approximate surface area is 168 Å². The molecule has 2 aromatic carbocycles. The Kier molecular flexibility index (Phi) is 7.50. The van der Waals surface area contributed by atoms with Crippen molar-refractivity contribution >= 4 is 21.9 Å². The molecule has 0 aromatic heterocycles. The number of halogens is 2. The molecule has 2 rings (SSSR count). The van der Waals surface area contributed by atoms with Crippen LogP contribution in [0.5, 0.6) is 11.5 Å². The van der Waals surface area contributed by atoms with E-state index in [4.69, 9.17) is 9.47 Å². The van der Waals surface area contributed by atoms with E-state index in [1.807, 2.05) is 0 Å². The molecule has 0 aliphatic heterocycles. The van der Waals surface area contributed by atoms with Crippen LogP contribution < -0.4 is 4.74 Å². The summed E-state index contributed by atoms with van der Waals surface area (Å²) in [5.41, 5.74) is 0.335. The summed E-state index contributed by atoms with van der Waals surface area (Å²) in [4.78, 5) is 11.7. The fourth-order valence-corrected chi connectivity index (χ4v) is 3.86. The van der Waals surface area contributed by atoms with E-state index >= 15 is 0 Å². The number of hydrogen-bond acceptors (Lipinski definition) is 5. The third-order valence-corrected chi connectivity index (χ3v) is 5.81. The minimum absolute atomic E-state index is 0.0106. The highest BCUT2D eigenvalue weighted by molar-refractivity contribution is 7.91. The van der Waals surface area contributed by atoms with Crippen LogP contribution in [0.1, 0.15) is 32.8 Å². The van der Waals surface area contributed by atoms with Gasteiger partial charge in [-0.1, -0.05) is 6.92 Å². The van der Waals surface area contributed by atoms with Crippen LogP contribution >= 0.6 is 0 Å². The first kappa shape index (κ1) is 22.5. The van der Waals surface area contributed by atoms with Crippen LogP contribution in [0.4, 0.5) is 8.78 Å². The summed E-state index contributed by atoms with van der Waals surface area (Å²) in [7, 11) is -3.39. The van der Waals surface area contributed by atoms with Crippen LogP contribution in [-0.2, 0) is 19.4 Å². The standard InChI is InChI=1S/C21H22F2O5S/c1-4-10-29(25,26)17-8-6-16(7-9-17)28-20-18(22)12-15(13-19(20)23)11-14(3)21(24)27-5-2/h6-9,11-13H,4-5,10H2,1-3H3/b14-11+. The van der Waals surface area contributed by atoms with Gasteiger partial charge in [0.25, 0.3) is 0 Å². The number of carbonyl (C=O) groups is 1. The van der Waals surface area contributed by atoms with Gasteiger partial charge in [-0.25, -0.2) is 22.0 Å². The SMILES string of the molecule is CCCS(=O)(=O)c1ccc(Oc2c(F)cc(/C=C(\C)C(=O)OCC)cc2F)cc1. The molecule has 0 atom stereocenters. The van der Waals surface area contributed by atoms with Gasteiger partial charge >= 0.3 is 5.97 Å². The highest BCUT2D eigenvalue weighted by atomic mass is 32.2. The number of benzene rings is 2. The quantitative estimate of drug-likeness (QED) is 0.445. The molecule has 0 saturated heterocycles. The summed E-state index contributed by atoms with van der Waals surface area (Å²) in [5.74, 6) is -3.03. The fourth-order valence-electron chi connectivity index (χ4n) is 2.53. The lowest BCUT2D eigenvalue weighted by Gasteiger charge is -2.10. The average Bonchev–Trinajstić information content (AvgIpc) is 2.65. The maximum absolute atomic E-state index is 14.4. The first-order valence-electron chi connectivity index (χ1n) is 9.03. The van der Waals surface area contributed by atoms with E-state index in [-0.39, 0.29) is 34.1 Å². The maximum Gasteiger partial charge on any atom is 0.333 e. The van der Waals surface area contributed by atoms with Crippen molar-refractivity contribution in [3.05, 3.63) is 59.2 Å². The zero-order valence-electron chi connectivity index (χ0n) is 16.4. The molecule has 0 spiro atoms. The zero-order chi connectivity index (χ0) is 21.6. The van der Waals surface area contributed by atoms with E-state index in [0.29, 0.717) is 6.42 Å². The van der Waals surface area contributed by atoms with Gasteiger partial charge in [-0.05, 0) is 68.3 Å². The van der Waals surface area contributed by atoms with Gasteiger partial charge in [0.1, 0.15) is 5.75 Å². The number of ether oxygens (including phenoxy) is 2. The molecule has 2 aromatic rings. The first-order chi connectivity index (χ1) is 13.7. The smallest absolute Gasteiger partial charge is 0.333 e. The molecule has 0 unspecified atom stereocenters. The highest BCUT2D eigenvalue weighted by Gasteiger charge is 2.16. The lowest BCUT2D eigenvalue weighted by Crippen LogP contribution is -2.05. The van der Waals surface area contributed by atoms with Crippen molar-refractivity contribution in [1.82, 2.24) is 0 Å². The summed E-state index contributed by atoms with van der Waals surface area (Å²) in [6.07, 6.45) is 1.79. The third kappa shape index (κ3) is 5.87. The van der Waals surface area contributed by atoms with Crippen molar-refractivity contribution in [3.63, 3.8) is 0 Å². The Bertz CT molecular complexity index is 989. The van der Waals surface area contributed by atoms with Gasteiger partial charge in [0.2, 0.25) is 0 Å². The average molecular weight is 424 g/mol. The number of hydrogen-bond donors (Lipinski definition) is 0. The van der Waals surface area contributed by atoms with Crippen molar-refractivity contribution in [3.8, 4) is 11.5 Å². The number of sulfone groups is 1. The van der Waals surface area contributed by atoms with E-state index in [1.165, 1.54) is 37.3 Å². The minimum atomic E-state index is -3.39. The monoisotopic (exact) mass is 424 g/mol. The molecule has 0 N–H and O–H groups in total. The maximum atomic E-state index is 14.4. The van der Waals surface area contributed by atoms with Gasteiger partial charge < -0.3 is 9.47 Å². The highest BCUT2D eigenvalue weighted by Crippen LogP contribution is 2.30. The summed E-state index contributed by atoms with van der Waals surface area (Å²) in [5, 5.41) is 0. The summed E-state index contributed by atoms with van der Waals surface area (Å²) in [6, 6.07) is 7.38. The van der Waals surface area contributed by atoms with Crippen LogP contribution in [0.15, 0.2) is 46.9 Å². The van der Waals surface area contributed by atoms with Gasteiger partial charge in [0, 0.05) is 5.57 Å². The lowest BCUT2D eigenvalue weighted by molar-refractivity contribution is -0.138. The summed E-state index contributed by atoms with van der Waals surface area (Å²) >= 11 is 0. The molecule has 5 nitrogen and oxygen atoms in total. The van der Waals surface area contributed by atoms with Crippen LogP contribution in [0.3, 0.4) is 0 Å². The molecular formula is C21H22F2O5S. The van der Waals surface area contributed by atoms with E-state index < -0.39 is 33.2 Å². The van der Waals surface area contributed by atoms with E-state index in [2.05, 4.69) is 0 Å². The predicted octanol–water partition coefficient (Wildman–Crippen LogP) is 4.91. The Morgan fingerprint density at radius 3 is 2.17 bits per heavy atom. The van der Waals surface area contributed by atoms with Gasteiger partial charge in [-0.15, -0.1) is 0 Å². The largest absolute Gasteiger partial charge is 0.463 e. The summed E-state index contributed by atoms with van der Waals surface area (Å²) in [6.45, 7) is 5.08. The van der Waals surface area contributed by atoms with Crippen molar-refractivity contribution < 1.29 is 31.5 Å². The lowest BCUT2D eigenvalue weighted by atomic mass is 10.1. The molecule has 8 heteroatoms. The summed E-state index contributed by atoms with van der Waals surface area (Å²) < 4.78 is 62.9. The van der Waals surface area contributed by atoms with Crippen molar-refractivity contribution in [1.29, 1.82) is 0 Å². The van der Waals surface area contributed by atoms with Crippen LogP contribution in [0.25, 0.3) is 6.08 Å². The molecule has 0 heterocycles. The molecule has 0 radical (unpaired) electrons. The minimum Gasteiger partial charge on any atom is -0.463 e. The van der Waals surface area contributed by atoms with Gasteiger partial charge in [-0.3, -0.25) is 0 Å². The van der Waals surface area contributed by atoms with Crippen molar-refractivity contribution in [2.24, 2.45) is 0 Å². The molecule has 0 aliphatic rings. The topological polar surface area (TPSA) is 69.7 Å². The second-order valence-corrected chi connectivity index (χ2v) is 8.36. The fraction of sp³-hybridized carbons (Fsp3) is 0.286. The van der Waals surface area contributed by atoms with Gasteiger partial charge in [0.15, 0.2) is 27.2 Å². The first-order valence-corrected chi connectivity index (χ1v) is 10.7. The van der Waals surface area contributed by atoms with E-state index in [0.717, 1.165) is 12.1 Å². The molecule has 156 valence electrons. The molecule has 0 saturated carbocycles. The molecule has 0 amide bonds. The van der Waals surface area contributed by atoms with Crippen LogP contribution in [0.2, 0.25) is 0 Å². The number of rotatable bonds is 8. The molecule has 0 bridgehead atoms. The molecule has 0 fully saturated rings. The van der Waals surface area contributed by atoms with E-state index in [9.17, 15) is 22.0 Å². The predicted molar refractivity (Wildman–Crippen MR) is 106 cm³/mol. The molecule has 0 aliphatic carbocycles. The second-order valence-electron chi connectivity index (χ2n) is 6.25. The second kappa shape index (κ2) is 9.65. The zero-order valence-corrected chi connectivity index (χ0v) is 17.2. The Morgan fingerprint density at radius 1 is 1.07 bits per heavy atom. The Morgan fingerprint density at radius 2 is 1.66 bits per heavy atom. The molecule has 29 heavy (non-hydrogen) atoms. The number of carbonyl (C=O) groups excluding carboxylic acids is 1.